The maximum Gasteiger partial charge on any atom is 0.307 e. The molecule has 2 saturated carbocycles. The number of carbonyl (C=O) groups excluding carboxylic acids is 2. The maximum absolute atomic E-state index is 12.7. The molecule has 32 heavy (non-hydrogen) atoms. The molecule has 1 unspecified atom stereocenters. The van der Waals surface area contributed by atoms with E-state index in [0.29, 0.717) is 25.0 Å². The van der Waals surface area contributed by atoms with Crippen molar-refractivity contribution < 1.29 is 19.1 Å². The van der Waals surface area contributed by atoms with Crippen LogP contribution in [0.3, 0.4) is 0 Å². The number of rotatable bonds is 9. The molecule has 3 aliphatic rings. The first-order valence-corrected chi connectivity index (χ1v) is 12.0. The fourth-order valence-electron chi connectivity index (χ4n) is 6.05. The van der Waals surface area contributed by atoms with Gasteiger partial charge in [0.15, 0.2) is 0 Å². The lowest BCUT2D eigenvalue weighted by Gasteiger charge is -2.54. The molecule has 6 nitrogen and oxygen atoms in total. The number of benzene rings is 1. The lowest BCUT2D eigenvalue weighted by molar-refractivity contribution is -0.148. The minimum atomic E-state index is -0.109. The highest BCUT2D eigenvalue weighted by Gasteiger charge is 2.50. The minimum Gasteiger partial charge on any atom is -0.469 e. The number of hydrogen-bond donors (Lipinski definition) is 0. The highest BCUT2D eigenvalue weighted by molar-refractivity contribution is 5.74. The van der Waals surface area contributed by atoms with Crippen LogP contribution in [-0.4, -0.2) is 73.7 Å². The molecule has 4 rings (SSSR count). The number of esters is 1. The molecule has 1 saturated heterocycles. The molecule has 0 bridgehead atoms. The number of methoxy groups -OCH3 is 2. The fourth-order valence-corrected chi connectivity index (χ4v) is 6.05. The van der Waals surface area contributed by atoms with E-state index in [1.807, 2.05) is 6.07 Å². The number of hydrogen-bond acceptors (Lipinski definition) is 5. The van der Waals surface area contributed by atoms with Gasteiger partial charge >= 0.3 is 5.97 Å². The third-order valence-corrected chi connectivity index (χ3v) is 8.23. The van der Waals surface area contributed by atoms with Crippen LogP contribution in [0.1, 0.15) is 63.4 Å². The summed E-state index contributed by atoms with van der Waals surface area (Å²) in [6, 6.07) is 10.8. The molecule has 0 aromatic heterocycles. The number of nitrogens with zero attached hydrogens (tertiary/aromatic N) is 2. The van der Waals surface area contributed by atoms with Crippen LogP contribution in [-0.2, 0) is 19.1 Å². The first kappa shape index (κ1) is 23.2. The van der Waals surface area contributed by atoms with Crippen molar-refractivity contribution in [1.29, 1.82) is 0 Å². The second-order valence-electron chi connectivity index (χ2n) is 10.2. The van der Waals surface area contributed by atoms with E-state index in [2.05, 4.69) is 34.1 Å². The third kappa shape index (κ3) is 4.72. The molecule has 1 amide bonds. The maximum atomic E-state index is 12.7. The van der Waals surface area contributed by atoms with Crippen molar-refractivity contribution >= 4 is 11.9 Å². The van der Waals surface area contributed by atoms with Gasteiger partial charge in [-0.05, 0) is 57.2 Å². The minimum absolute atomic E-state index is 0.0263. The van der Waals surface area contributed by atoms with Crippen molar-refractivity contribution in [3.63, 3.8) is 0 Å². The molecule has 3 fully saturated rings. The van der Waals surface area contributed by atoms with Gasteiger partial charge in [0, 0.05) is 43.5 Å². The quantitative estimate of drug-likeness (QED) is 0.547. The number of likely N-dealkylation sites (tertiary alicyclic amines) is 1. The van der Waals surface area contributed by atoms with E-state index >= 15 is 0 Å². The van der Waals surface area contributed by atoms with Crippen LogP contribution in [0.5, 0.6) is 0 Å². The second kappa shape index (κ2) is 9.52. The Hall–Kier alpha value is -1.92. The van der Waals surface area contributed by atoms with Crippen LogP contribution in [0.25, 0.3) is 0 Å². The Balaban J connectivity index is 1.43. The zero-order valence-electron chi connectivity index (χ0n) is 19.8. The standard InChI is InChI=1S/C26H38N2O4/c1-20(29)28(23-16-22(23)21-8-5-4-6-9-21)18-25(19-31-2)12-14-27(15-13-25)26(10-7-11-26)17-24(30)32-3/h4-6,8-9,22-23H,7,10-19H2,1-3H3/t22?,23-/m1/s1. The van der Waals surface area contributed by atoms with Crippen molar-refractivity contribution in [3.05, 3.63) is 35.9 Å². The van der Waals surface area contributed by atoms with Gasteiger partial charge in [-0.2, -0.15) is 0 Å². The van der Waals surface area contributed by atoms with Gasteiger partial charge in [-0.1, -0.05) is 30.3 Å². The highest BCUT2D eigenvalue weighted by Crippen LogP contribution is 2.48. The molecule has 176 valence electrons. The molecular formula is C26H38N2O4. The first-order valence-electron chi connectivity index (χ1n) is 12.0. The Morgan fingerprint density at radius 1 is 1.09 bits per heavy atom. The van der Waals surface area contributed by atoms with Crippen molar-refractivity contribution in [2.45, 2.75) is 69.4 Å². The SMILES string of the molecule is COCC1(CN(C(C)=O)[C@@H]2CC2c2ccccc2)CCN(C2(CC(=O)OC)CCC2)CC1. The molecule has 2 aliphatic carbocycles. The van der Waals surface area contributed by atoms with Crippen LogP contribution in [0.15, 0.2) is 30.3 Å². The summed E-state index contributed by atoms with van der Waals surface area (Å²) in [6.45, 7) is 5.01. The van der Waals surface area contributed by atoms with E-state index in [9.17, 15) is 9.59 Å². The second-order valence-corrected chi connectivity index (χ2v) is 10.2. The van der Waals surface area contributed by atoms with Gasteiger partial charge < -0.3 is 14.4 Å². The van der Waals surface area contributed by atoms with Gasteiger partial charge in [0.25, 0.3) is 0 Å². The number of ether oxygens (including phenoxy) is 2. The summed E-state index contributed by atoms with van der Waals surface area (Å²) < 4.78 is 10.7. The Labute approximate surface area is 192 Å². The lowest BCUT2D eigenvalue weighted by atomic mass is 9.70. The van der Waals surface area contributed by atoms with E-state index < -0.39 is 0 Å². The average molecular weight is 443 g/mol. The predicted octanol–water partition coefficient (Wildman–Crippen LogP) is 3.61. The molecule has 0 spiro atoms. The van der Waals surface area contributed by atoms with Crippen LogP contribution in [0.2, 0.25) is 0 Å². The fraction of sp³-hybridized carbons (Fsp3) is 0.692. The lowest BCUT2D eigenvalue weighted by Crippen LogP contribution is -2.60. The molecule has 6 heteroatoms. The molecule has 2 atom stereocenters. The Kier molecular flexibility index (Phi) is 6.91. The summed E-state index contributed by atoms with van der Waals surface area (Å²) in [4.78, 5) is 29.3. The number of piperidine rings is 1. The zero-order valence-corrected chi connectivity index (χ0v) is 19.8. The molecule has 1 heterocycles. The van der Waals surface area contributed by atoms with E-state index in [-0.39, 0.29) is 22.8 Å². The molecule has 0 N–H and O–H groups in total. The molecule has 1 aliphatic heterocycles. The van der Waals surface area contributed by atoms with Crippen molar-refractivity contribution in [1.82, 2.24) is 9.80 Å². The molecule has 0 radical (unpaired) electrons. The van der Waals surface area contributed by atoms with Crippen LogP contribution in [0, 0.1) is 5.41 Å². The molecule has 1 aromatic carbocycles. The smallest absolute Gasteiger partial charge is 0.307 e. The van der Waals surface area contributed by atoms with Gasteiger partial charge in [-0.25, -0.2) is 0 Å². The van der Waals surface area contributed by atoms with E-state index in [0.717, 1.165) is 51.7 Å². The van der Waals surface area contributed by atoms with Crippen molar-refractivity contribution in [2.75, 3.05) is 40.5 Å². The van der Waals surface area contributed by atoms with Gasteiger partial charge in [0.1, 0.15) is 0 Å². The molecule has 1 aromatic rings. The van der Waals surface area contributed by atoms with Crippen LogP contribution < -0.4 is 0 Å². The largest absolute Gasteiger partial charge is 0.469 e. The topological polar surface area (TPSA) is 59.1 Å². The van der Waals surface area contributed by atoms with Crippen molar-refractivity contribution in [3.8, 4) is 0 Å². The van der Waals surface area contributed by atoms with Crippen LogP contribution >= 0.6 is 0 Å². The summed E-state index contributed by atoms with van der Waals surface area (Å²) in [6.07, 6.45) is 6.81. The van der Waals surface area contributed by atoms with Crippen LogP contribution in [0.4, 0.5) is 0 Å². The Morgan fingerprint density at radius 3 is 2.31 bits per heavy atom. The van der Waals surface area contributed by atoms with Crippen molar-refractivity contribution in [2.24, 2.45) is 5.41 Å². The van der Waals surface area contributed by atoms with Gasteiger partial charge in [-0.3, -0.25) is 14.5 Å². The summed E-state index contributed by atoms with van der Waals surface area (Å²) in [5.74, 6) is 0.493. The third-order valence-electron chi connectivity index (χ3n) is 8.23. The average Bonchev–Trinajstić information content (AvgIpc) is 3.56. The number of carbonyl (C=O) groups is 2. The highest BCUT2D eigenvalue weighted by atomic mass is 16.5. The van der Waals surface area contributed by atoms with Gasteiger partial charge in [-0.15, -0.1) is 0 Å². The first-order chi connectivity index (χ1) is 15.4. The Morgan fingerprint density at radius 2 is 1.78 bits per heavy atom. The van der Waals surface area contributed by atoms with E-state index in [1.165, 1.54) is 19.1 Å². The van der Waals surface area contributed by atoms with Gasteiger partial charge in [0.2, 0.25) is 5.91 Å². The van der Waals surface area contributed by atoms with E-state index in [4.69, 9.17) is 9.47 Å². The monoisotopic (exact) mass is 442 g/mol. The zero-order chi connectivity index (χ0) is 22.8. The normalized spacial score (nSPS) is 26.1. The summed E-state index contributed by atoms with van der Waals surface area (Å²) in [5.41, 5.74) is 1.27. The summed E-state index contributed by atoms with van der Waals surface area (Å²) in [5, 5.41) is 0. The van der Waals surface area contributed by atoms with E-state index in [1.54, 1.807) is 14.0 Å². The summed E-state index contributed by atoms with van der Waals surface area (Å²) in [7, 11) is 3.24. The molecular weight excluding hydrogens is 404 g/mol. The Bertz CT molecular complexity index is 799. The number of amides is 1. The predicted molar refractivity (Wildman–Crippen MR) is 123 cm³/mol. The summed E-state index contributed by atoms with van der Waals surface area (Å²) >= 11 is 0. The van der Waals surface area contributed by atoms with Gasteiger partial charge in [0.05, 0.1) is 20.1 Å².